The van der Waals surface area contributed by atoms with E-state index in [0.29, 0.717) is 11.5 Å². The fourth-order valence-corrected chi connectivity index (χ4v) is 4.12. The minimum atomic E-state index is -4.52. The van der Waals surface area contributed by atoms with Crippen molar-refractivity contribution in [3.63, 3.8) is 0 Å². The number of nitrogens with one attached hydrogen (secondary N) is 1. The summed E-state index contributed by atoms with van der Waals surface area (Å²) in [6.45, 7) is 2.87. The first-order chi connectivity index (χ1) is 15.9. The number of carbonyl (C=O) groups excluding carboxylic acids is 1. The Labute approximate surface area is 196 Å². The summed E-state index contributed by atoms with van der Waals surface area (Å²) in [5, 5.41) is 2.64. The van der Waals surface area contributed by atoms with E-state index < -0.39 is 17.6 Å². The molecule has 176 valence electrons. The smallest absolute Gasteiger partial charge is 0.418 e. The van der Waals surface area contributed by atoms with Gasteiger partial charge in [0.05, 0.1) is 22.8 Å². The molecule has 3 rings (SSSR count). The maximum atomic E-state index is 13.2. The van der Waals surface area contributed by atoms with Gasteiger partial charge in [-0.3, -0.25) is 4.79 Å². The highest BCUT2D eigenvalue weighted by atomic mass is 32.2. The number of hydrogen-bond acceptors (Lipinski definition) is 4. The SMILES string of the molecule is CCCCCCCCOc1ccc(/C=C2\SC(=Nc3ccccc3C(F)(F)F)NC2=O)cc1. The van der Waals surface area contributed by atoms with Crippen molar-refractivity contribution >= 4 is 34.6 Å². The summed E-state index contributed by atoms with van der Waals surface area (Å²) in [5.74, 6) is 0.367. The molecule has 8 heteroatoms. The molecule has 1 fully saturated rings. The molecule has 0 spiro atoms. The van der Waals surface area contributed by atoms with Gasteiger partial charge in [-0.2, -0.15) is 13.2 Å². The molecular weight excluding hydrogens is 449 g/mol. The van der Waals surface area contributed by atoms with Crippen LogP contribution >= 0.6 is 11.8 Å². The quantitative estimate of drug-likeness (QED) is 0.288. The van der Waals surface area contributed by atoms with Crippen molar-refractivity contribution in [2.75, 3.05) is 6.61 Å². The Hall–Kier alpha value is -2.74. The van der Waals surface area contributed by atoms with Crippen LogP contribution in [0.2, 0.25) is 0 Å². The number of halogens is 3. The molecule has 0 atom stereocenters. The lowest BCUT2D eigenvalue weighted by atomic mass is 10.1. The van der Waals surface area contributed by atoms with Crippen molar-refractivity contribution in [1.29, 1.82) is 0 Å². The van der Waals surface area contributed by atoms with E-state index in [1.807, 2.05) is 24.3 Å². The van der Waals surface area contributed by atoms with Gasteiger partial charge < -0.3 is 10.1 Å². The monoisotopic (exact) mass is 476 g/mol. The van der Waals surface area contributed by atoms with Crippen molar-refractivity contribution in [3.8, 4) is 5.75 Å². The summed E-state index contributed by atoms with van der Waals surface area (Å²) in [5.41, 5.74) is -0.293. The number of alkyl halides is 3. The van der Waals surface area contributed by atoms with Crippen LogP contribution in [0.1, 0.15) is 56.6 Å². The molecule has 2 aromatic rings. The first-order valence-electron chi connectivity index (χ1n) is 11.1. The zero-order valence-corrected chi connectivity index (χ0v) is 19.3. The van der Waals surface area contributed by atoms with Gasteiger partial charge in [-0.15, -0.1) is 0 Å². The Morgan fingerprint density at radius 2 is 1.70 bits per heavy atom. The lowest BCUT2D eigenvalue weighted by molar-refractivity contribution is -0.137. The van der Waals surface area contributed by atoms with Crippen molar-refractivity contribution in [2.24, 2.45) is 4.99 Å². The standard InChI is InChI=1S/C25H27F3N2O2S/c1-2-3-4-5-6-9-16-32-19-14-12-18(13-15-19)17-22-23(31)30-24(33-22)29-21-11-8-7-10-20(21)25(26,27)28/h7-8,10-15,17H,2-6,9,16H2,1H3,(H,29,30,31)/b22-17-. The molecule has 0 radical (unpaired) electrons. The Kier molecular flexibility index (Phi) is 9.00. The molecule has 33 heavy (non-hydrogen) atoms. The molecule has 1 aliphatic heterocycles. The van der Waals surface area contributed by atoms with Crippen molar-refractivity contribution in [1.82, 2.24) is 5.32 Å². The van der Waals surface area contributed by atoms with Crippen LogP contribution in [0, 0.1) is 0 Å². The van der Waals surface area contributed by atoms with Crippen molar-refractivity contribution < 1.29 is 22.7 Å². The fourth-order valence-electron chi connectivity index (χ4n) is 3.28. The highest BCUT2D eigenvalue weighted by Crippen LogP contribution is 2.37. The van der Waals surface area contributed by atoms with E-state index in [0.717, 1.165) is 42.0 Å². The van der Waals surface area contributed by atoms with Gasteiger partial charge in [0.1, 0.15) is 5.75 Å². The molecule has 4 nitrogen and oxygen atoms in total. The number of aliphatic imine (C=N–C) groups is 1. The summed E-state index contributed by atoms with van der Waals surface area (Å²) in [7, 11) is 0. The van der Waals surface area contributed by atoms with E-state index >= 15 is 0 Å². The van der Waals surface area contributed by atoms with Gasteiger partial charge in [0.2, 0.25) is 0 Å². The Bertz CT molecular complexity index is 1000. The van der Waals surface area contributed by atoms with Crippen LogP contribution in [-0.4, -0.2) is 17.7 Å². The lowest BCUT2D eigenvalue weighted by Crippen LogP contribution is -2.19. The number of amides is 1. The van der Waals surface area contributed by atoms with Crippen LogP contribution < -0.4 is 10.1 Å². The van der Waals surface area contributed by atoms with Gasteiger partial charge >= 0.3 is 6.18 Å². The second kappa shape index (κ2) is 11.9. The average Bonchev–Trinajstić information content (AvgIpc) is 3.12. The Morgan fingerprint density at radius 3 is 2.42 bits per heavy atom. The van der Waals surface area contributed by atoms with E-state index in [-0.39, 0.29) is 10.9 Å². The van der Waals surface area contributed by atoms with Gasteiger partial charge in [0, 0.05) is 0 Å². The largest absolute Gasteiger partial charge is 0.494 e. The number of benzene rings is 2. The second-order valence-corrected chi connectivity index (χ2v) is 8.71. The van der Waals surface area contributed by atoms with Gasteiger partial charge in [-0.05, 0) is 54.1 Å². The molecule has 0 saturated carbocycles. The van der Waals surface area contributed by atoms with Crippen LogP contribution in [0.25, 0.3) is 6.08 Å². The van der Waals surface area contributed by atoms with E-state index in [1.54, 1.807) is 6.08 Å². The topological polar surface area (TPSA) is 50.7 Å². The van der Waals surface area contributed by atoms with Crippen LogP contribution in [0.15, 0.2) is 58.4 Å². The average molecular weight is 477 g/mol. The zero-order valence-electron chi connectivity index (χ0n) is 18.5. The number of hydrogen-bond donors (Lipinski definition) is 1. The summed E-state index contributed by atoms with van der Waals surface area (Å²) in [4.78, 5) is 16.6. The number of nitrogens with zero attached hydrogens (tertiary/aromatic N) is 1. The molecule has 1 N–H and O–H groups in total. The summed E-state index contributed by atoms with van der Waals surface area (Å²) < 4.78 is 45.3. The molecule has 0 aliphatic carbocycles. The Morgan fingerprint density at radius 1 is 1.00 bits per heavy atom. The summed E-state index contributed by atoms with van der Waals surface area (Å²) in [6.07, 6.45) is 4.35. The first-order valence-corrected chi connectivity index (χ1v) is 11.9. The fraction of sp³-hybridized carbons (Fsp3) is 0.360. The highest BCUT2D eigenvalue weighted by molar-refractivity contribution is 8.18. The predicted molar refractivity (Wildman–Crippen MR) is 128 cm³/mol. The molecule has 1 amide bonds. The van der Waals surface area contributed by atoms with Gasteiger partial charge in [0.15, 0.2) is 5.17 Å². The minimum Gasteiger partial charge on any atom is -0.494 e. The van der Waals surface area contributed by atoms with Gasteiger partial charge in [-0.1, -0.05) is 63.3 Å². The third kappa shape index (κ3) is 7.67. The van der Waals surface area contributed by atoms with Gasteiger partial charge in [0.25, 0.3) is 5.91 Å². The first kappa shape index (κ1) is 24.9. The number of thioether (sulfide) groups is 1. The zero-order chi connectivity index (χ0) is 23.7. The minimum absolute atomic E-state index is 0.113. The summed E-state index contributed by atoms with van der Waals surface area (Å²) >= 11 is 1.01. The molecule has 0 unspecified atom stereocenters. The number of amidine groups is 1. The molecule has 1 saturated heterocycles. The van der Waals surface area contributed by atoms with E-state index in [2.05, 4.69) is 17.2 Å². The van der Waals surface area contributed by atoms with Crippen LogP contribution in [0.4, 0.5) is 18.9 Å². The molecule has 1 heterocycles. The third-order valence-electron chi connectivity index (χ3n) is 5.03. The predicted octanol–water partition coefficient (Wildman–Crippen LogP) is 7.34. The molecular formula is C25H27F3N2O2S. The van der Waals surface area contributed by atoms with Crippen LogP contribution in [-0.2, 0) is 11.0 Å². The van der Waals surface area contributed by atoms with E-state index in [1.165, 1.54) is 43.9 Å². The molecule has 0 bridgehead atoms. The maximum absolute atomic E-state index is 13.2. The number of ether oxygens (including phenoxy) is 1. The highest BCUT2D eigenvalue weighted by Gasteiger charge is 2.34. The number of para-hydroxylation sites is 1. The van der Waals surface area contributed by atoms with E-state index in [4.69, 9.17) is 4.74 Å². The number of carbonyl (C=O) groups is 1. The van der Waals surface area contributed by atoms with Crippen molar-refractivity contribution in [2.45, 2.75) is 51.6 Å². The molecule has 1 aliphatic rings. The second-order valence-electron chi connectivity index (χ2n) is 7.68. The molecule has 0 aromatic heterocycles. The normalized spacial score (nSPS) is 16.4. The lowest BCUT2D eigenvalue weighted by Gasteiger charge is -2.09. The Balaban J connectivity index is 1.58. The number of unbranched alkanes of at least 4 members (excludes halogenated alkanes) is 5. The van der Waals surface area contributed by atoms with E-state index in [9.17, 15) is 18.0 Å². The van der Waals surface area contributed by atoms with Crippen LogP contribution in [0.5, 0.6) is 5.75 Å². The van der Waals surface area contributed by atoms with Gasteiger partial charge in [-0.25, -0.2) is 4.99 Å². The third-order valence-corrected chi connectivity index (χ3v) is 5.94. The maximum Gasteiger partial charge on any atom is 0.418 e. The number of rotatable bonds is 10. The van der Waals surface area contributed by atoms with Crippen molar-refractivity contribution in [3.05, 3.63) is 64.6 Å². The van der Waals surface area contributed by atoms with Crippen LogP contribution in [0.3, 0.4) is 0 Å². The summed E-state index contributed by atoms with van der Waals surface area (Å²) in [6, 6.07) is 12.4. The molecule has 2 aromatic carbocycles.